The van der Waals surface area contributed by atoms with Crippen LogP contribution in [0.2, 0.25) is 0 Å². The van der Waals surface area contributed by atoms with Crippen LogP contribution in [0, 0.1) is 13.8 Å². The zero-order chi connectivity index (χ0) is 21.1. The van der Waals surface area contributed by atoms with Crippen LogP contribution in [0.15, 0.2) is 41.8 Å². The Bertz CT molecular complexity index is 1070. The molecule has 0 aliphatic carbocycles. The van der Waals surface area contributed by atoms with Crippen LogP contribution in [0.5, 0.6) is 0 Å². The summed E-state index contributed by atoms with van der Waals surface area (Å²) in [6.07, 6.45) is -1.08. The number of aryl methyl sites for hydroxylation is 1. The number of rotatable bonds is 6. The number of carbonyl (C=O) groups excluding carboxylic acids is 3. The quantitative estimate of drug-likeness (QED) is 0.604. The van der Waals surface area contributed by atoms with E-state index in [1.54, 1.807) is 23.9 Å². The Hall–Kier alpha value is -3.46. The number of anilines is 1. The molecule has 3 N–H and O–H groups in total. The lowest BCUT2D eigenvalue weighted by atomic mass is 10.2. The van der Waals surface area contributed by atoms with Crippen molar-refractivity contribution in [3.05, 3.63) is 64.3 Å². The number of nitrogens with one attached hydrogen (secondary N) is 1. The molecule has 29 heavy (non-hydrogen) atoms. The maximum absolute atomic E-state index is 12.7. The molecule has 9 heteroatoms. The third-order valence-electron chi connectivity index (χ3n) is 4.32. The van der Waals surface area contributed by atoms with Crippen molar-refractivity contribution in [2.45, 2.75) is 26.9 Å². The van der Waals surface area contributed by atoms with E-state index < -0.39 is 23.9 Å². The van der Waals surface area contributed by atoms with Crippen molar-refractivity contribution < 1.29 is 19.1 Å². The van der Waals surface area contributed by atoms with Crippen LogP contribution in [-0.4, -0.2) is 33.7 Å². The lowest BCUT2D eigenvalue weighted by Crippen LogP contribution is -2.30. The minimum Gasteiger partial charge on any atom is -0.449 e. The van der Waals surface area contributed by atoms with E-state index in [4.69, 9.17) is 10.5 Å². The number of nitrogens with zero attached hydrogens (tertiary/aromatic N) is 2. The molecule has 0 bridgehead atoms. The number of hydrogen-bond donors (Lipinski definition) is 2. The van der Waals surface area contributed by atoms with Gasteiger partial charge >= 0.3 is 5.97 Å². The van der Waals surface area contributed by atoms with E-state index in [0.717, 1.165) is 17.0 Å². The van der Waals surface area contributed by atoms with Crippen LogP contribution in [0.3, 0.4) is 0 Å². The number of ether oxygens (including phenoxy) is 1. The number of amides is 2. The third-order valence-corrected chi connectivity index (χ3v) is 5.15. The normalized spacial score (nSPS) is 11.7. The summed E-state index contributed by atoms with van der Waals surface area (Å²) in [7, 11) is 0. The second kappa shape index (κ2) is 8.27. The summed E-state index contributed by atoms with van der Waals surface area (Å²) in [4.78, 5) is 36.5. The molecular weight excluding hydrogens is 392 g/mol. The van der Waals surface area contributed by atoms with Gasteiger partial charge in [-0.1, -0.05) is 18.2 Å². The van der Waals surface area contributed by atoms with Gasteiger partial charge < -0.3 is 15.8 Å². The van der Waals surface area contributed by atoms with Crippen LogP contribution in [0.4, 0.5) is 5.00 Å². The molecule has 0 radical (unpaired) electrons. The minimum absolute atomic E-state index is 0.206. The van der Waals surface area contributed by atoms with Gasteiger partial charge in [0, 0.05) is 0 Å². The van der Waals surface area contributed by atoms with Crippen molar-refractivity contribution in [3.63, 3.8) is 0 Å². The largest absolute Gasteiger partial charge is 0.449 e. The summed E-state index contributed by atoms with van der Waals surface area (Å²) in [6.45, 7) is 4.93. The summed E-state index contributed by atoms with van der Waals surface area (Å²) in [5, 5.41) is 8.93. The van der Waals surface area contributed by atoms with Gasteiger partial charge in [0.05, 0.1) is 22.6 Å². The average molecular weight is 412 g/mol. The van der Waals surface area contributed by atoms with Crippen LogP contribution < -0.4 is 11.1 Å². The van der Waals surface area contributed by atoms with E-state index in [-0.39, 0.29) is 5.56 Å². The lowest BCUT2D eigenvalue weighted by molar-refractivity contribution is -0.123. The molecule has 3 aromatic rings. The van der Waals surface area contributed by atoms with Crippen molar-refractivity contribution in [1.29, 1.82) is 0 Å². The highest BCUT2D eigenvalue weighted by Gasteiger charge is 2.26. The SMILES string of the molecule is Cc1nn(-c2ccccc2)c(C)c1C(=O)O[C@@H](C)C(=O)Nc1sccc1C(N)=O. The molecule has 0 saturated carbocycles. The predicted molar refractivity (Wildman–Crippen MR) is 109 cm³/mol. The lowest BCUT2D eigenvalue weighted by Gasteiger charge is -2.13. The number of hydrogen-bond acceptors (Lipinski definition) is 6. The fourth-order valence-electron chi connectivity index (χ4n) is 2.85. The molecule has 0 fully saturated rings. The summed E-state index contributed by atoms with van der Waals surface area (Å²) in [5.41, 5.74) is 7.71. The van der Waals surface area contributed by atoms with Gasteiger partial charge in [0.15, 0.2) is 6.10 Å². The first kappa shape index (κ1) is 20.3. The van der Waals surface area contributed by atoms with Gasteiger partial charge in [-0.2, -0.15) is 5.10 Å². The Morgan fingerprint density at radius 2 is 1.86 bits per heavy atom. The van der Waals surface area contributed by atoms with Crippen LogP contribution in [0.1, 0.15) is 39.0 Å². The topological polar surface area (TPSA) is 116 Å². The first-order chi connectivity index (χ1) is 13.8. The van der Waals surface area contributed by atoms with E-state index >= 15 is 0 Å². The smallest absolute Gasteiger partial charge is 0.342 e. The molecule has 1 atom stereocenters. The fraction of sp³-hybridized carbons (Fsp3) is 0.200. The molecule has 2 aromatic heterocycles. The van der Waals surface area contributed by atoms with Gasteiger partial charge in [-0.3, -0.25) is 9.59 Å². The molecule has 8 nitrogen and oxygen atoms in total. The number of benzene rings is 1. The summed E-state index contributed by atoms with van der Waals surface area (Å²) >= 11 is 1.16. The molecule has 1 aromatic carbocycles. The number of aromatic nitrogens is 2. The number of primary amides is 1. The second-order valence-corrected chi connectivity index (χ2v) is 7.27. The molecule has 0 unspecified atom stereocenters. The number of carbonyl (C=O) groups is 3. The Kier molecular flexibility index (Phi) is 5.79. The maximum atomic E-state index is 12.7. The highest BCUT2D eigenvalue weighted by Crippen LogP contribution is 2.23. The van der Waals surface area contributed by atoms with E-state index in [2.05, 4.69) is 10.4 Å². The highest BCUT2D eigenvalue weighted by atomic mass is 32.1. The Morgan fingerprint density at radius 1 is 1.17 bits per heavy atom. The van der Waals surface area contributed by atoms with E-state index in [0.29, 0.717) is 22.0 Å². The standard InChI is InChI=1S/C20H20N4O4S/c1-11-16(12(2)24(23-11)14-7-5-4-6-8-14)20(27)28-13(3)18(26)22-19-15(17(21)25)9-10-29-19/h4-10,13H,1-3H3,(H2,21,25)(H,22,26)/t13-/m0/s1. The Balaban J connectivity index is 1.74. The number of nitrogens with two attached hydrogens (primary N) is 1. The van der Waals surface area contributed by atoms with E-state index in [1.165, 1.54) is 13.0 Å². The van der Waals surface area contributed by atoms with Gasteiger partial charge in [-0.25, -0.2) is 9.48 Å². The Morgan fingerprint density at radius 3 is 2.52 bits per heavy atom. The number of para-hydroxylation sites is 1. The molecule has 2 heterocycles. The van der Waals surface area contributed by atoms with E-state index in [1.807, 2.05) is 30.3 Å². The summed E-state index contributed by atoms with van der Waals surface area (Å²) in [6, 6.07) is 10.9. The van der Waals surface area contributed by atoms with E-state index in [9.17, 15) is 14.4 Å². The minimum atomic E-state index is -1.08. The van der Waals surface area contributed by atoms with Gasteiger partial charge in [-0.05, 0) is 44.4 Å². The fourth-order valence-corrected chi connectivity index (χ4v) is 3.64. The van der Waals surface area contributed by atoms with Gasteiger partial charge in [0.1, 0.15) is 10.6 Å². The molecule has 0 spiro atoms. The maximum Gasteiger partial charge on any atom is 0.342 e. The number of thiophene rings is 1. The van der Waals surface area contributed by atoms with Crippen molar-refractivity contribution >= 4 is 34.1 Å². The van der Waals surface area contributed by atoms with Crippen molar-refractivity contribution in [3.8, 4) is 5.69 Å². The first-order valence-corrected chi connectivity index (χ1v) is 9.68. The average Bonchev–Trinajstić information content (AvgIpc) is 3.26. The molecular formula is C20H20N4O4S. The van der Waals surface area contributed by atoms with Crippen molar-refractivity contribution in [2.75, 3.05) is 5.32 Å². The molecule has 0 aliphatic rings. The van der Waals surface area contributed by atoms with Gasteiger partial charge in [0.2, 0.25) is 0 Å². The highest BCUT2D eigenvalue weighted by molar-refractivity contribution is 7.14. The van der Waals surface area contributed by atoms with Crippen molar-refractivity contribution in [1.82, 2.24) is 9.78 Å². The molecule has 3 rings (SSSR count). The predicted octanol–water partition coefficient (Wildman–Crippen LogP) is 2.83. The van der Waals surface area contributed by atoms with Crippen LogP contribution in [-0.2, 0) is 9.53 Å². The number of esters is 1. The summed E-state index contributed by atoms with van der Waals surface area (Å²) in [5.74, 6) is -1.86. The third kappa shape index (κ3) is 4.19. The van der Waals surface area contributed by atoms with Crippen LogP contribution >= 0.6 is 11.3 Å². The van der Waals surface area contributed by atoms with Gasteiger partial charge in [0.25, 0.3) is 11.8 Å². The molecule has 150 valence electrons. The second-order valence-electron chi connectivity index (χ2n) is 6.36. The zero-order valence-corrected chi connectivity index (χ0v) is 16.9. The monoisotopic (exact) mass is 412 g/mol. The first-order valence-electron chi connectivity index (χ1n) is 8.80. The summed E-state index contributed by atoms with van der Waals surface area (Å²) < 4.78 is 7.00. The Labute approximate surface area is 171 Å². The molecule has 0 aliphatic heterocycles. The van der Waals surface area contributed by atoms with Crippen LogP contribution in [0.25, 0.3) is 5.69 Å². The van der Waals surface area contributed by atoms with Crippen molar-refractivity contribution in [2.24, 2.45) is 5.73 Å². The molecule has 2 amide bonds. The zero-order valence-electron chi connectivity index (χ0n) is 16.1. The van der Waals surface area contributed by atoms with Gasteiger partial charge in [-0.15, -0.1) is 11.3 Å². The molecule has 0 saturated heterocycles.